The third-order valence-corrected chi connectivity index (χ3v) is 4.61. The van der Waals surface area contributed by atoms with Gasteiger partial charge >= 0.3 is 0 Å². The van der Waals surface area contributed by atoms with Crippen LogP contribution in [0, 0.1) is 6.92 Å². The van der Waals surface area contributed by atoms with Crippen molar-refractivity contribution in [2.24, 2.45) is 0 Å². The van der Waals surface area contributed by atoms with Crippen LogP contribution in [-0.4, -0.2) is 30.6 Å². The predicted molar refractivity (Wildman–Crippen MR) is 80.9 cm³/mol. The Hall–Kier alpha value is -0.380. The van der Waals surface area contributed by atoms with E-state index >= 15 is 0 Å². The Morgan fingerprint density at radius 1 is 1.33 bits per heavy atom. The van der Waals surface area contributed by atoms with E-state index in [0.29, 0.717) is 6.04 Å². The van der Waals surface area contributed by atoms with Gasteiger partial charge < -0.3 is 10.2 Å². The summed E-state index contributed by atoms with van der Waals surface area (Å²) in [5.74, 6) is 0. The van der Waals surface area contributed by atoms with E-state index in [1.165, 1.54) is 48.1 Å². The molecule has 100 valence electrons. The highest BCUT2D eigenvalue weighted by Gasteiger charge is 2.14. The van der Waals surface area contributed by atoms with E-state index in [0.717, 1.165) is 6.54 Å². The number of rotatable bonds is 5. The molecular formula is C15H23BrN2. The molecule has 1 saturated heterocycles. The van der Waals surface area contributed by atoms with Crippen LogP contribution in [0.2, 0.25) is 0 Å². The Labute approximate surface area is 119 Å². The number of likely N-dealkylation sites (tertiary alicyclic amines) is 1. The fourth-order valence-electron chi connectivity index (χ4n) is 2.54. The van der Waals surface area contributed by atoms with Crippen LogP contribution >= 0.6 is 15.9 Å². The van der Waals surface area contributed by atoms with Gasteiger partial charge in [0.05, 0.1) is 0 Å². The molecular weight excluding hydrogens is 288 g/mol. The van der Waals surface area contributed by atoms with E-state index in [1.807, 2.05) is 0 Å². The molecule has 2 nitrogen and oxygen atoms in total. The number of hydrogen-bond acceptors (Lipinski definition) is 2. The maximum absolute atomic E-state index is 3.63. The minimum Gasteiger partial charge on any atom is -0.309 e. The van der Waals surface area contributed by atoms with Crippen molar-refractivity contribution < 1.29 is 0 Å². The third kappa shape index (κ3) is 3.81. The van der Waals surface area contributed by atoms with Gasteiger partial charge in [-0.25, -0.2) is 0 Å². The van der Waals surface area contributed by atoms with E-state index in [-0.39, 0.29) is 0 Å². The number of nitrogens with one attached hydrogen (secondary N) is 1. The van der Waals surface area contributed by atoms with E-state index < -0.39 is 0 Å². The van der Waals surface area contributed by atoms with Crippen molar-refractivity contribution in [3.05, 3.63) is 33.8 Å². The van der Waals surface area contributed by atoms with Crippen LogP contribution in [0.25, 0.3) is 0 Å². The zero-order valence-corrected chi connectivity index (χ0v) is 13.0. The summed E-state index contributed by atoms with van der Waals surface area (Å²) in [6.07, 6.45) is 2.74. The second-order valence-electron chi connectivity index (χ2n) is 5.31. The lowest BCUT2D eigenvalue weighted by molar-refractivity contribution is 0.298. The molecule has 1 aromatic carbocycles. The molecule has 3 heteroatoms. The standard InChI is InChI=1S/C15H23BrN2/c1-12(11-18-8-3-4-9-18)17-10-14-6-5-7-15(16)13(14)2/h5-7,12,17H,3-4,8-11H2,1-2H3. The molecule has 0 aliphatic carbocycles. The zero-order chi connectivity index (χ0) is 13.0. The highest BCUT2D eigenvalue weighted by Crippen LogP contribution is 2.19. The molecule has 1 N–H and O–H groups in total. The molecule has 0 saturated carbocycles. The summed E-state index contributed by atoms with van der Waals surface area (Å²) < 4.78 is 1.20. The van der Waals surface area contributed by atoms with Crippen molar-refractivity contribution in [3.63, 3.8) is 0 Å². The minimum atomic E-state index is 0.557. The first kappa shape index (κ1) is 14.0. The lowest BCUT2D eigenvalue weighted by atomic mass is 10.1. The largest absolute Gasteiger partial charge is 0.309 e. The molecule has 18 heavy (non-hydrogen) atoms. The molecule has 0 radical (unpaired) electrons. The number of benzene rings is 1. The molecule has 1 heterocycles. The van der Waals surface area contributed by atoms with Gasteiger partial charge in [0.2, 0.25) is 0 Å². The molecule has 1 fully saturated rings. The van der Waals surface area contributed by atoms with E-state index in [1.54, 1.807) is 0 Å². The summed E-state index contributed by atoms with van der Waals surface area (Å²) in [5.41, 5.74) is 2.73. The average molecular weight is 311 g/mol. The topological polar surface area (TPSA) is 15.3 Å². The predicted octanol–water partition coefficient (Wildman–Crippen LogP) is 3.33. The molecule has 1 aliphatic rings. The first-order valence-electron chi connectivity index (χ1n) is 6.86. The highest BCUT2D eigenvalue weighted by atomic mass is 79.9. The summed E-state index contributed by atoms with van der Waals surface area (Å²) in [6, 6.07) is 6.97. The SMILES string of the molecule is Cc1c(Br)cccc1CNC(C)CN1CCCC1. The molecule has 1 aliphatic heterocycles. The van der Waals surface area contributed by atoms with Gasteiger partial charge in [-0.15, -0.1) is 0 Å². The summed E-state index contributed by atoms with van der Waals surface area (Å²) in [6.45, 7) is 9.15. The van der Waals surface area contributed by atoms with Crippen molar-refractivity contribution >= 4 is 15.9 Å². The molecule has 2 rings (SSSR count). The summed E-state index contributed by atoms with van der Waals surface area (Å²) in [4.78, 5) is 2.56. The first-order chi connectivity index (χ1) is 8.66. The van der Waals surface area contributed by atoms with Crippen molar-refractivity contribution in [1.82, 2.24) is 10.2 Å². The zero-order valence-electron chi connectivity index (χ0n) is 11.4. The van der Waals surface area contributed by atoms with Crippen LogP contribution in [0.4, 0.5) is 0 Å². The van der Waals surface area contributed by atoms with Crippen LogP contribution in [0.3, 0.4) is 0 Å². The van der Waals surface area contributed by atoms with Crippen LogP contribution in [0.15, 0.2) is 22.7 Å². The Morgan fingerprint density at radius 3 is 2.78 bits per heavy atom. The lowest BCUT2D eigenvalue weighted by Crippen LogP contribution is -2.37. The number of nitrogens with zero attached hydrogens (tertiary/aromatic N) is 1. The van der Waals surface area contributed by atoms with Gasteiger partial charge in [0.25, 0.3) is 0 Å². The van der Waals surface area contributed by atoms with Crippen molar-refractivity contribution in [3.8, 4) is 0 Å². The second kappa shape index (κ2) is 6.69. The summed E-state index contributed by atoms with van der Waals surface area (Å²) in [7, 11) is 0. The van der Waals surface area contributed by atoms with Crippen LogP contribution in [0.1, 0.15) is 30.9 Å². The number of hydrogen-bond donors (Lipinski definition) is 1. The summed E-state index contributed by atoms with van der Waals surface area (Å²) in [5, 5.41) is 3.63. The van der Waals surface area contributed by atoms with Gasteiger partial charge in [0.1, 0.15) is 0 Å². The van der Waals surface area contributed by atoms with Gasteiger partial charge in [-0.1, -0.05) is 28.1 Å². The van der Waals surface area contributed by atoms with Gasteiger partial charge in [-0.2, -0.15) is 0 Å². The molecule has 1 atom stereocenters. The fraction of sp³-hybridized carbons (Fsp3) is 0.600. The summed E-state index contributed by atoms with van der Waals surface area (Å²) >= 11 is 3.59. The Kier molecular flexibility index (Phi) is 5.22. The molecule has 1 aromatic rings. The smallest absolute Gasteiger partial charge is 0.0211 e. The monoisotopic (exact) mass is 310 g/mol. The molecule has 0 amide bonds. The van der Waals surface area contributed by atoms with Crippen molar-refractivity contribution in [2.75, 3.05) is 19.6 Å². The van der Waals surface area contributed by atoms with E-state index in [9.17, 15) is 0 Å². The van der Waals surface area contributed by atoms with Gasteiger partial charge in [0.15, 0.2) is 0 Å². The normalized spacial score (nSPS) is 18.2. The quantitative estimate of drug-likeness (QED) is 0.897. The van der Waals surface area contributed by atoms with Crippen molar-refractivity contribution in [1.29, 1.82) is 0 Å². The van der Waals surface area contributed by atoms with Crippen LogP contribution < -0.4 is 5.32 Å². The minimum absolute atomic E-state index is 0.557. The molecule has 0 bridgehead atoms. The highest BCUT2D eigenvalue weighted by molar-refractivity contribution is 9.10. The van der Waals surface area contributed by atoms with Crippen LogP contribution in [0.5, 0.6) is 0 Å². The molecule has 0 spiro atoms. The van der Waals surface area contributed by atoms with Crippen molar-refractivity contribution in [2.45, 2.75) is 39.3 Å². The fourth-order valence-corrected chi connectivity index (χ4v) is 2.95. The Balaban J connectivity index is 1.81. The molecule has 0 aromatic heterocycles. The first-order valence-corrected chi connectivity index (χ1v) is 7.66. The lowest BCUT2D eigenvalue weighted by Gasteiger charge is -2.21. The van der Waals surface area contributed by atoms with E-state index in [4.69, 9.17) is 0 Å². The van der Waals surface area contributed by atoms with E-state index in [2.05, 4.69) is 58.2 Å². The van der Waals surface area contributed by atoms with Crippen LogP contribution in [-0.2, 0) is 6.54 Å². The number of halogens is 1. The van der Waals surface area contributed by atoms with Gasteiger partial charge in [0, 0.05) is 23.6 Å². The molecule has 1 unspecified atom stereocenters. The van der Waals surface area contributed by atoms with Gasteiger partial charge in [-0.05, 0) is 57.0 Å². The third-order valence-electron chi connectivity index (χ3n) is 3.75. The second-order valence-corrected chi connectivity index (χ2v) is 6.17. The maximum Gasteiger partial charge on any atom is 0.0211 e. The maximum atomic E-state index is 3.63. The van der Waals surface area contributed by atoms with Gasteiger partial charge in [-0.3, -0.25) is 0 Å². The average Bonchev–Trinajstić information content (AvgIpc) is 2.84. The Morgan fingerprint density at radius 2 is 2.06 bits per heavy atom. The Bertz CT molecular complexity index is 386.